The monoisotopic (exact) mass is 379 g/mol. The van der Waals surface area contributed by atoms with Gasteiger partial charge in [0, 0.05) is 29.2 Å². The molecule has 0 aromatic carbocycles. The summed E-state index contributed by atoms with van der Waals surface area (Å²) in [6.45, 7) is 4.29. The topological polar surface area (TPSA) is 62.7 Å². The van der Waals surface area contributed by atoms with E-state index in [1.807, 2.05) is 24.7 Å². The van der Waals surface area contributed by atoms with Gasteiger partial charge in [0.15, 0.2) is 5.13 Å². The molecular formula is C21H25N5S. The first-order valence-electron chi connectivity index (χ1n) is 9.53. The second-order valence-corrected chi connectivity index (χ2v) is 8.44. The maximum absolute atomic E-state index is 4.89. The molecule has 3 aromatic heterocycles. The van der Waals surface area contributed by atoms with E-state index in [-0.39, 0.29) is 0 Å². The summed E-state index contributed by atoms with van der Waals surface area (Å²) in [5, 5.41) is 7.79. The first-order valence-corrected chi connectivity index (χ1v) is 10.4. The number of rotatable bonds is 6. The van der Waals surface area contributed by atoms with Gasteiger partial charge < -0.3 is 10.6 Å². The molecule has 1 saturated heterocycles. The van der Waals surface area contributed by atoms with Crippen LogP contribution in [-0.4, -0.2) is 28.0 Å². The minimum atomic E-state index is 0.662. The van der Waals surface area contributed by atoms with E-state index in [0.29, 0.717) is 5.92 Å². The number of hydrogen-bond acceptors (Lipinski definition) is 6. The predicted octanol–water partition coefficient (Wildman–Crippen LogP) is 4.12. The average molecular weight is 380 g/mol. The molecule has 1 unspecified atom stereocenters. The molecule has 1 aliphatic rings. The largest absolute Gasteiger partial charge is 0.316 e. The Kier molecular flexibility index (Phi) is 5.75. The molecule has 1 fully saturated rings. The highest BCUT2D eigenvalue weighted by Gasteiger charge is 2.15. The van der Waals surface area contributed by atoms with Crippen molar-refractivity contribution in [2.24, 2.45) is 5.92 Å². The number of piperidine rings is 1. The zero-order valence-electron chi connectivity index (χ0n) is 15.6. The lowest BCUT2D eigenvalue weighted by molar-refractivity contribution is 0.373. The number of thiazole rings is 1. The summed E-state index contributed by atoms with van der Waals surface area (Å²) in [6.07, 6.45) is 10.0. The first-order chi connectivity index (χ1) is 13.2. The minimum absolute atomic E-state index is 0.662. The van der Waals surface area contributed by atoms with Gasteiger partial charge in [-0.2, -0.15) is 0 Å². The van der Waals surface area contributed by atoms with Crippen molar-refractivity contribution in [3.63, 3.8) is 0 Å². The summed E-state index contributed by atoms with van der Waals surface area (Å²) in [5.74, 6) is 1.54. The average Bonchev–Trinajstić information content (AvgIpc) is 3.08. The Balaban J connectivity index is 1.58. The molecule has 1 aliphatic heterocycles. The molecule has 1 atom stereocenters. The third-order valence-corrected chi connectivity index (χ3v) is 5.65. The number of pyridine rings is 2. The van der Waals surface area contributed by atoms with Crippen molar-refractivity contribution in [1.29, 1.82) is 0 Å². The second kappa shape index (κ2) is 8.59. The minimum Gasteiger partial charge on any atom is -0.316 e. The van der Waals surface area contributed by atoms with Crippen LogP contribution in [0, 0.1) is 12.8 Å². The summed E-state index contributed by atoms with van der Waals surface area (Å²) < 4.78 is 0. The van der Waals surface area contributed by atoms with Crippen molar-refractivity contribution in [2.75, 3.05) is 18.4 Å². The van der Waals surface area contributed by atoms with E-state index >= 15 is 0 Å². The number of nitrogens with zero attached hydrogens (tertiary/aromatic N) is 3. The molecule has 27 heavy (non-hydrogen) atoms. The normalized spacial score (nSPS) is 17.0. The summed E-state index contributed by atoms with van der Waals surface area (Å²) in [7, 11) is 0. The van der Waals surface area contributed by atoms with Gasteiger partial charge >= 0.3 is 0 Å². The first kappa shape index (κ1) is 18.1. The Labute approximate surface area is 164 Å². The predicted molar refractivity (Wildman–Crippen MR) is 111 cm³/mol. The van der Waals surface area contributed by atoms with Crippen LogP contribution in [0.25, 0.3) is 0 Å². The Morgan fingerprint density at radius 1 is 1.26 bits per heavy atom. The van der Waals surface area contributed by atoms with Gasteiger partial charge in [-0.3, -0.25) is 4.98 Å². The van der Waals surface area contributed by atoms with Crippen molar-refractivity contribution < 1.29 is 0 Å². The fourth-order valence-electron chi connectivity index (χ4n) is 3.58. The van der Waals surface area contributed by atoms with Crippen LogP contribution in [0.1, 0.15) is 34.5 Å². The maximum atomic E-state index is 4.89. The molecule has 0 spiro atoms. The highest BCUT2D eigenvalue weighted by atomic mass is 32.1. The van der Waals surface area contributed by atoms with E-state index in [4.69, 9.17) is 4.98 Å². The quantitative estimate of drug-likeness (QED) is 0.675. The van der Waals surface area contributed by atoms with E-state index in [1.54, 1.807) is 11.3 Å². The van der Waals surface area contributed by atoms with Gasteiger partial charge in [-0.05, 0) is 80.9 Å². The van der Waals surface area contributed by atoms with Crippen LogP contribution in [0.2, 0.25) is 0 Å². The summed E-state index contributed by atoms with van der Waals surface area (Å²) in [6, 6.07) is 8.49. The molecule has 3 aromatic rings. The van der Waals surface area contributed by atoms with E-state index in [0.717, 1.165) is 42.6 Å². The van der Waals surface area contributed by atoms with Gasteiger partial charge in [-0.1, -0.05) is 6.07 Å². The van der Waals surface area contributed by atoms with Crippen molar-refractivity contribution in [3.8, 4) is 0 Å². The van der Waals surface area contributed by atoms with E-state index in [9.17, 15) is 0 Å². The summed E-state index contributed by atoms with van der Waals surface area (Å²) >= 11 is 1.65. The van der Waals surface area contributed by atoms with Gasteiger partial charge in [0.05, 0.1) is 0 Å². The molecule has 4 heterocycles. The number of hydrogen-bond donors (Lipinski definition) is 2. The highest BCUT2D eigenvalue weighted by molar-refractivity contribution is 7.15. The molecule has 4 rings (SSSR count). The van der Waals surface area contributed by atoms with Gasteiger partial charge in [0.1, 0.15) is 5.82 Å². The van der Waals surface area contributed by atoms with Gasteiger partial charge in [0.2, 0.25) is 0 Å². The van der Waals surface area contributed by atoms with Crippen LogP contribution in [0.3, 0.4) is 0 Å². The summed E-state index contributed by atoms with van der Waals surface area (Å²) in [5.41, 5.74) is 3.62. The third kappa shape index (κ3) is 5.11. The fourth-order valence-corrected chi connectivity index (χ4v) is 4.25. The number of aromatic nitrogens is 3. The van der Waals surface area contributed by atoms with Gasteiger partial charge in [-0.15, -0.1) is 11.3 Å². The lowest BCUT2D eigenvalue weighted by Gasteiger charge is -2.22. The Morgan fingerprint density at radius 2 is 2.22 bits per heavy atom. The van der Waals surface area contributed by atoms with Crippen molar-refractivity contribution in [3.05, 3.63) is 64.6 Å². The third-order valence-electron chi connectivity index (χ3n) is 4.82. The molecule has 0 saturated carbocycles. The van der Waals surface area contributed by atoms with E-state index in [2.05, 4.69) is 45.7 Å². The molecule has 6 heteroatoms. The molecule has 5 nitrogen and oxygen atoms in total. The van der Waals surface area contributed by atoms with Crippen LogP contribution in [0.15, 0.2) is 42.9 Å². The van der Waals surface area contributed by atoms with Crippen LogP contribution >= 0.6 is 11.3 Å². The fraction of sp³-hybridized carbons (Fsp3) is 0.381. The van der Waals surface area contributed by atoms with E-state index < -0.39 is 0 Å². The number of anilines is 2. The summed E-state index contributed by atoms with van der Waals surface area (Å²) in [4.78, 5) is 14.7. The van der Waals surface area contributed by atoms with Crippen LogP contribution < -0.4 is 10.6 Å². The smallest absolute Gasteiger partial charge is 0.188 e. The Morgan fingerprint density at radius 3 is 2.96 bits per heavy atom. The number of nitrogens with one attached hydrogen (secondary N) is 2. The highest BCUT2D eigenvalue weighted by Crippen LogP contribution is 2.24. The van der Waals surface area contributed by atoms with Crippen molar-refractivity contribution >= 4 is 22.3 Å². The SMILES string of the molecule is Cc1cnc(Nc2cc(Cc3cccnc3)cc(CC3CCCNC3)n2)s1. The lowest BCUT2D eigenvalue weighted by atomic mass is 9.93. The van der Waals surface area contributed by atoms with E-state index in [1.165, 1.54) is 28.8 Å². The molecule has 0 amide bonds. The van der Waals surface area contributed by atoms with Crippen LogP contribution in [0.4, 0.5) is 10.9 Å². The molecule has 140 valence electrons. The number of aryl methyl sites for hydroxylation is 1. The van der Waals surface area contributed by atoms with Crippen molar-refractivity contribution in [2.45, 2.75) is 32.6 Å². The van der Waals surface area contributed by atoms with Gasteiger partial charge in [-0.25, -0.2) is 9.97 Å². The maximum Gasteiger partial charge on any atom is 0.188 e. The standard InChI is InChI=1S/C21H25N5S/c1-15-12-24-21(27-15)26-20-11-18(8-16-4-2-6-22-13-16)10-19(25-20)9-17-5-3-7-23-14-17/h2,4,6,10-13,17,23H,3,5,7-9,14H2,1H3,(H,24,25,26). The van der Waals surface area contributed by atoms with Crippen molar-refractivity contribution in [1.82, 2.24) is 20.3 Å². The molecule has 0 bridgehead atoms. The zero-order valence-corrected chi connectivity index (χ0v) is 16.4. The molecular weight excluding hydrogens is 354 g/mol. The lowest BCUT2D eigenvalue weighted by Crippen LogP contribution is -2.31. The molecule has 2 N–H and O–H groups in total. The molecule has 0 aliphatic carbocycles. The Bertz CT molecular complexity index is 871. The van der Waals surface area contributed by atoms with Crippen LogP contribution in [-0.2, 0) is 12.8 Å². The van der Waals surface area contributed by atoms with Crippen LogP contribution in [0.5, 0.6) is 0 Å². The molecule has 0 radical (unpaired) electrons. The zero-order chi connectivity index (χ0) is 18.5. The Hall–Kier alpha value is -2.31. The second-order valence-electron chi connectivity index (χ2n) is 7.21. The van der Waals surface area contributed by atoms with Gasteiger partial charge in [0.25, 0.3) is 0 Å².